The minimum absolute atomic E-state index is 0.134. The van der Waals surface area contributed by atoms with E-state index in [4.69, 9.17) is 26.0 Å². The molecular formula is C26H29N5O2. The van der Waals surface area contributed by atoms with Crippen LogP contribution in [-0.2, 0) is 17.7 Å². The topological polar surface area (TPSA) is 108 Å². The van der Waals surface area contributed by atoms with Crippen molar-refractivity contribution >= 4 is 17.1 Å². The summed E-state index contributed by atoms with van der Waals surface area (Å²) >= 11 is 0. The van der Waals surface area contributed by atoms with Gasteiger partial charge in [0.1, 0.15) is 0 Å². The molecule has 2 heterocycles. The van der Waals surface area contributed by atoms with Crippen molar-refractivity contribution in [1.82, 2.24) is 9.88 Å². The summed E-state index contributed by atoms with van der Waals surface area (Å²) in [5, 5.41) is 17.2. The van der Waals surface area contributed by atoms with Gasteiger partial charge in [-0.05, 0) is 34.9 Å². The molecule has 7 nitrogen and oxygen atoms in total. The average molecular weight is 444 g/mol. The molecule has 2 aromatic carbocycles. The molecule has 33 heavy (non-hydrogen) atoms. The first-order valence-corrected chi connectivity index (χ1v) is 11.0. The van der Waals surface area contributed by atoms with Crippen molar-refractivity contribution in [1.29, 1.82) is 10.8 Å². The van der Waals surface area contributed by atoms with E-state index in [1.807, 2.05) is 30.3 Å². The largest absolute Gasteiger partial charge is 0.481 e. The molecule has 4 N–H and O–H groups in total. The number of benzene rings is 2. The van der Waals surface area contributed by atoms with Crippen LogP contribution in [0.15, 0.2) is 60.8 Å². The minimum Gasteiger partial charge on any atom is -0.481 e. The monoisotopic (exact) mass is 443 g/mol. The molecule has 1 aliphatic rings. The summed E-state index contributed by atoms with van der Waals surface area (Å²) in [5.74, 6) is 0.541. The number of rotatable bonds is 8. The van der Waals surface area contributed by atoms with Crippen LogP contribution in [0.25, 0.3) is 11.1 Å². The van der Waals surface area contributed by atoms with Crippen LogP contribution < -0.4 is 10.5 Å². The van der Waals surface area contributed by atoms with E-state index in [0.29, 0.717) is 23.6 Å². The van der Waals surface area contributed by atoms with Crippen LogP contribution in [0.4, 0.5) is 5.69 Å². The van der Waals surface area contributed by atoms with Gasteiger partial charge in [-0.25, -0.2) is 4.98 Å². The van der Waals surface area contributed by atoms with Crippen LogP contribution in [-0.4, -0.2) is 54.7 Å². The molecule has 3 aromatic rings. The number of nitrogens with zero attached hydrogens (tertiary/aromatic N) is 2. The lowest BCUT2D eigenvalue weighted by atomic mass is 9.95. The molecule has 1 saturated heterocycles. The Morgan fingerprint density at radius 2 is 1.79 bits per heavy atom. The SMILES string of the molecule is COc1ccc(-c2ccc(N)c(C(=N)C(=N)Cc3cccc(CN4CCOCC4)c3)c2)cn1. The summed E-state index contributed by atoms with van der Waals surface area (Å²) in [6.07, 6.45) is 2.10. The second-order valence-electron chi connectivity index (χ2n) is 8.13. The number of methoxy groups -OCH3 is 1. The number of nitrogens with two attached hydrogens (primary N) is 1. The van der Waals surface area contributed by atoms with E-state index < -0.39 is 0 Å². The molecule has 4 rings (SSSR count). The zero-order valence-corrected chi connectivity index (χ0v) is 18.8. The van der Waals surface area contributed by atoms with Crippen LogP contribution in [0.1, 0.15) is 16.7 Å². The van der Waals surface area contributed by atoms with E-state index in [9.17, 15) is 0 Å². The van der Waals surface area contributed by atoms with Gasteiger partial charge < -0.3 is 20.6 Å². The summed E-state index contributed by atoms with van der Waals surface area (Å²) in [7, 11) is 1.58. The Bertz CT molecular complexity index is 1140. The number of hydrogen-bond donors (Lipinski definition) is 3. The smallest absolute Gasteiger partial charge is 0.212 e. The van der Waals surface area contributed by atoms with E-state index in [2.05, 4.69) is 22.0 Å². The van der Waals surface area contributed by atoms with Gasteiger partial charge >= 0.3 is 0 Å². The van der Waals surface area contributed by atoms with E-state index in [1.54, 1.807) is 25.4 Å². The van der Waals surface area contributed by atoms with Gasteiger partial charge in [-0.3, -0.25) is 10.3 Å². The van der Waals surface area contributed by atoms with Crippen LogP contribution in [0.3, 0.4) is 0 Å². The van der Waals surface area contributed by atoms with Gasteiger partial charge in [0.2, 0.25) is 5.88 Å². The molecule has 0 atom stereocenters. The summed E-state index contributed by atoms with van der Waals surface area (Å²) in [5.41, 5.74) is 11.6. The number of anilines is 1. The highest BCUT2D eigenvalue weighted by atomic mass is 16.5. The average Bonchev–Trinajstić information content (AvgIpc) is 2.85. The van der Waals surface area contributed by atoms with Crippen LogP contribution in [0, 0.1) is 10.8 Å². The van der Waals surface area contributed by atoms with E-state index in [1.165, 1.54) is 5.56 Å². The third-order valence-corrected chi connectivity index (χ3v) is 5.79. The van der Waals surface area contributed by atoms with Crippen LogP contribution >= 0.6 is 0 Å². The lowest BCUT2D eigenvalue weighted by Gasteiger charge is -2.26. The van der Waals surface area contributed by atoms with Gasteiger partial charge in [0.05, 0.1) is 31.7 Å². The van der Waals surface area contributed by atoms with Crippen molar-refractivity contribution in [3.63, 3.8) is 0 Å². The number of nitrogen functional groups attached to an aromatic ring is 1. The molecule has 0 saturated carbocycles. The normalized spacial score (nSPS) is 14.1. The van der Waals surface area contributed by atoms with E-state index in [0.717, 1.165) is 49.5 Å². The molecule has 0 spiro atoms. The quantitative estimate of drug-likeness (QED) is 0.362. The van der Waals surface area contributed by atoms with Gasteiger partial charge in [0, 0.05) is 55.1 Å². The van der Waals surface area contributed by atoms with Crippen molar-refractivity contribution in [3.8, 4) is 17.0 Å². The summed E-state index contributed by atoms with van der Waals surface area (Å²) < 4.78 is 10.5. The second kappa shape index (κ2) is 10.4. The van der Waals surface area contributed by atoms with Gasteiger partial charge in [0.15, 0.2) is 0 Å². The van der Waals surface area contributed by atoms with Gasteiger partial charge in [-0.2, -0.15) is 0 Å². The first kappa shape index (κ1) is 22.6. The predicted molar refractivity (Wildman–Crippen MR) is 131 cm³/mol. The number of hydrogen-bond acceptors (Lipinski definition) is 7. The number of aromatic nitrogens is 1. The van der Waals surface area contributed by atoms with Crippen molar-refractivity contribution in [2.75, 3.05) is 39.1 Å². The minimum atomic E-state index is 0.134. The fourth-order valence-electron chi connectivity index (χ4n) is 3.93. The maximum atomic E-state index is 8.65. The van der Waals surface area contributed by atoms with Crippen molar-refractivity contribution in [3.05, 3.63) is 77.5 Å². The third kappa shape index (κ3) is 5.63. The zero-order chi connectivity index (χ0) is 23.2. The molecule has 0 bridgehead atoms. The Balaban J connectivity index is 1.47. The van der Waals surface area contributed by atoms with E-state index >= 15 is 0 Å². The highest BCUT2D eigenvalue weighted by Crippen LogP contribution is 2.25. The highest BCUT2D eigenvalue weighted by Gasteiger charge is 2.15. The number of ether oxygens (including phenoxy) is 2. The molecule has 1 aromatic heterocycles. The fraction of sp³-hybridized carbons (Fsp3) is 0.269. The lowest BCUT2D eigenvalue weighted by Crippen LogP contribution is -2.35. The van der Waals surface area contributed by atoms with Gasteiger partial charge in [-0.1, -0.05) is 30.3 Å². The van der Waals surface area contributed by atoms with E-state index in [-0.39, 0.29) is 11.4 Å². The highest BCUT2D eigenvalue weighted by molar-refractivity contribution is 6.47. The summed E-state index contributed by atoms with van der Waals surface area (Å²) in [6, 6.07) is 17.5. The molecule has 0 unspecified atom stereocenters. The molecule has 1 fully saturated rings. The maximum Gasteiger partial charge on any atom is 0.212 e. The van der Waals surface area contributed by atoms with Crippen molar-refractivity contribution < 1.29 is 9.47 Å². The number of pyridine rings is 1. The zero-order valence-electron chi connectivity index (χ0n) is 18.8. The molecule has 0 radical (unpaired) electrons. The Morgan fingerprint density at radius 3 is 2.52 bits per heavy atom. The summed E-state index contributed by atoms with van der Waals surface area (Å²) in [6.45, 7) is 4.28. The third-order valence-electron chi connectivity index (χ3n) is 5.79. The Morgan fingerprint density at radius 1 is 1.03 bits per heavy atom. The number of nitrogens with one attached hydrogen (secondary N) is 2. The van der Waals surface area contributed by atoms with Crippen molar-refractivity contribution in [2.24, 2.45) is 0 Å². The number of morpholine rings is 1. The van der Waals surface area contributed by atoms with Crippen LogP contribution in [0.2, 0.25) is 0 Å². The fourth-order valence-corrected chi connectivity index (χ4v) is 3.93. The first-order valence-electron chi connectivity index (χ1n) is 11.0. The Labute approximate surface area is 194 Å². The molecular weight excluding hydrogens is 414 g/mol. The molecule has 7 heteroatoms. The lowest BCUT2D eigenvalue weighted by molar-refractivity contribution is 0.0342. The molecule has 1 aliphatic heterocycles. The van der Waals surface area contributed by atoms with Crippen LogP contribution in [0.5, 0.6) is 5.88 Å². The standard InChI is InChI=1S/C26H29N5O2/c1-32-25-8-6-21(16-30-25)20-5-7-23(27)22(15-20)26(29)24(28)14-18-3-2-4-19(13-18)17-31-9-11-33-12-10-31/h2-8,13,15-16,28-29H,9-12,14,17,27H2,1H3. The predicted octanol–water partition coefficient (Wildman–Crippen LogP) is 3.80. The van der Waals surface area contributed by atoms with Gasteiger partial charge in [0.25, 0.3) is 0 Å². The first-order chi connectivity index (χ1) is 16.0. The second-order valence-corrected chi connectivity index (χ2v) is 8.13. The Hall–Kier alpha value is -3.55. The maximum absolute atomic E-state index is 8.65. The molecule has 0 amide bonds. The Kier molecular flexibility index (Phi) is 7.12. The van der Waals surface area contributed by atoms with Crippen molar-refractivity contribution in [2.45, 2.75) is 13.0 Å². The molecule has 0 aliphatic carbocycles. The van der Waals surface area contributed by atoms with Gasteiger partial charge in [-0.15, -0.1) is 0 Å². The molecule has 170 valence electrons. The summed E-state index contributed by atoms with van der Waals surface area (Å²) in [4.78, 5) is 6.62.